The Kier molecular flexibility index (Phi) is 5.49. The number of hydrogen-bond donors (Lipinski definition) is 1. The Morgan fingerprint density at radius 2 is 1.93 bits per heavy atom. The van der Waals surface area contributed by atoms with Crippen molar-refractivity contribution in [2.45, 2.75) is 26.0 Å². The number of fused-ring (bicyclic) bond motifs is 2. The summed E-state index contributed by atoms with van der Waals surface area (Å²) in [5, 5.41) is 3.34. The third kappa shape index (κ3) is 4.40. The molecule has 0 radical (unpaired) electrons. The van der Waals surface area contributed by atoms with Crippen molar-refractivity contribution in [1.29, 1.82) is 0 Å². The fourth-order valence-corrected chi connectivity index (χ4v) is 3.42. The Labute approximate surface area is 172 Å². The van der Waals surface area contributed by atoms with Crippen LogP contribution in [0.25, 0.3) is 0 Å². The zero-order chi connectivity index (χ0) is 20.4. The maximum absolute atomic E-state index is 12.5. The van der Waals surface area contributed by atoms with Gasteiger partial charge in [-0.3, -0.25) is 9.59 Å². The molecular formula is C21H20ClNO6. The molecule has 0 unspecified atom stereocenters. The molecule has 29 heavy (non-hydrogen) atoms. The molecule has 1 N–H and O–H groups in total. The average Bonchev–Trinajstić information content (AvgIpc) is 3.19. The quantitative estimate of drug-likeness (QED) is 0.753. The van der Waals surface area contributed by atoms with Gasteiger partial charge in [-0.25, -0.2) is 0 Å². The summed E-state index contributed by atoms with van der Waals surface area (Å²) in [6.07, 6.45) is -0.461. The third-order valence-corrected chi connectivity index (χ3v) is 5.06. The molecule has 2 atom stereocenters. The van der Waals surface area contributed by atoms with Crippen LogP contribution in [0, 0.1) is 5.92 Å². The number of rotatable bonds is 5. The van der Waals surface area contributed by atoms with E-state index in [9.17, 15) is 9.59 Å². The maximum atomic E-state index is 12.5. The van der Waals surface area contributed by atoms with Gasteiger partial charge < -0.3 is 24.3 Å². The summed E-state index contributed by atoms with van der Waals surface area (Å²) in [7, 11) is 0. The van der Waals surface area contributed by atoms with Gasteiger partial charge in [-0.15, -0.1) is 0 Å². The van der Waals surface area contributed by atoms with Crippen LogP contribution in [0.3, 0.4) is 0 Å². The molecule has 2 heterocycles. The number of amides is 1. The minimum absolute atomic E-state index is 0.194. The molecule has 0 bridgehead atoms. The van der Waals surface area contributed by atoms with Crippen molar-refractivity contribution >= 4 is 23.5 Å². The van der Waals surface area contributed by atoms with E-state index in [1.165, 1.54) is 0 Å². The lowest BCUT2D eigenvalue weighted by Crippen LogP contribution is -2.38. The fourth-order valence-electron chi connectivity index (χ4n) is 3.22. The molecule has 0 spiro atoms. The Morgan fingerprint density at radius 3 is 2.79 bits per heavy atom. The Hall–Kier alpha value is -2.93. The molecule has 0 fully saturated rings. The highest BCUT2D eigenvalue weighted by molar-refractivity contribution is 6.30. The number of esters is 1. The molecule has 0 aliphatic carbocycles. The monoisotopic (exact) mass is 417 g/mol. The topological polar surface area (TPSA) is 83.1 Å². The molecule has 2 aromatic rings. The summed E-state index contributed by atoms with van der Waals surface area (Å²) in [4.78, 5) is 24.8. The van der Waals surface area contributed by atoms with E-state index in [0.717, 1.165) is 11.1 Å². The highest BCUT2D eigenvalue weighted by Crippen LogP contribution is 2.32. The Bertz CT molecular complexity index is 947. The van der Waals surface area contributed by atoms with Crippen molar-refractivity contribution < 1.29 is 28.5 Å². The van der Waals surface area contributed by atoms with Gasteiger partial charge in [-0.1, -0.05) is 17.7 Å². The van der Waals surface area contributed by atoms with Crippen molar-refractivity contribution in [3.8, 4) is 17.2 Å². The third-order valence-electron chi connectivity index (χ3n) is 4.83. The molecule has 4 rings (SSSR count). The summed E-state index contributed by atoms with van der Waals surface area (Å²) >= 11 is 6.01. The SMILES string of the molecule is C[C@@H](OC(=O)[C@@H]1COc2ccc(Cl)cc2C1)C(=O)NCc1ccc2c(c1)OCO2. The van der Waals surface area contributed by atoms with Gasteiger partial charge in [-0.05, 0) is 54.8 Å². The van der Waals surface area contributed by atoms with E-state index < -0.39 is 18.0 Å². The second-order valence-electron chi connectivity index (χ2n) is 6.95. The molecule has 8 heteroatoms. The highest BCUT2D eigenvalue weighted by Gasteiger charge is 2.30. The molecule has 2 aliphatic heterocycles. The average molecular weight is 418 g/mol. The van der Waals surface area contributed by atoms with Gasteiger partial charge in [0, 0.05) is 11.6 Å². The van der Waals surface area contributed by atoms with Crippen LogP contribution in [0.5, 0.6) is 17.2 Å². The standard InChI is InChI=1S/C21H20ClNO6/c1-12(20(24)23-9-13-2-4-18-19(6-13)28-11-27-18)29-21(25)15-7-14-8-16(22)3-5-17(14)26-10-15/h2-6,8,12,15H,7,9-11H2,1H3,(H,23,24)/t12-,15+/m1/s1. The van der Waals surface area contributed by atoms with E-state index in [4.69, 9.17) is 30.5 Å². The molecule has 7 nitrogen and oxygen atoms in total. The Morgan fingerprint density at radius 1 is 1.14 bits per heavy atom. The fraction of sp³-hybridized carbons (Fsp3) is 0.333. The van der Waals surface area contributed by atoms with E-state index in [1.807, 2.05) is 6.07 Å². The smallest absolute Gasteiger partial charge is 0.313 e. The molecule has 0 saturated carbocycles. The molecule has 0 aromatic heterocycles. The second-order valence-corrected chi connectivity index (χ2v) is 7.39. The van der Waals surface area contributed by atoms with Crippen molar-refractivity contribution in [3.63, 3.8) is 0 Å². The molecule has 2 aromatic carbocycles. The zero-order valence-electron chi connectivity index (χ0n) is 15.8. The van der Waals surface area contributed by atoms with Crippen molar-refractivity contribution in [2.75, 3.05) is 13.4 Å². The number of hydrogen-bond acceptors (Lipinski definition) is 6. The molecule has 152 valence electrons. The highest BCUT2D eigenvalue weighted by atomic mass is 35.5. The molecule has 0 saturated heterocycles. The van der Waals surface area contributed by atoms with Gasteiger partial charge in [0.05, 0.1) is 5.92 Å². The second kappa shape index (κ2) is 8.21. The first-order valence-corrected chi connectivity index (χ1v) is 9.65. The molecular weight excluding hydrogens is 398 g/mol. The predicted octanol–water partition coefficient (Wildman–Crippen LogP) is 2.87. The summed E-state index contributed by atoms with van der Waals surface area (Å²) in [6.45, 7) is 2.23. The largest absolute Gasteiger partial charge is 0.492 e. The number of benzene rings is 2. The van der Waals surface area contributed by atoms with Crippen molar-refractivity contribution in [3.05, 3.63) is 52.5 Å². The summed E-state index contributed by atoms with van der Waals surface area (Å²) in [6, 6.07) is 10.7. The van der Waals surface area contributed by atoms with E-state index >= 15 is 0 Å². The molecule has 1 amide bonds. The van der Waals surface area contributed by atoms with Crippen LogP contribution in [-0.2, 0) is 27.3 Å². The van der Waals surface area contributed by atoms with Crippen LogP contribution in [0.2, 0.25) is 5.02 Å². The predicted molar refractivity (Wildman–Crippen MR) is 104 cm³/mol. The lowest BCUT2D eigenvalue weighted by Gasteiger charge is -2.25. The van der Waals surface area contributed by atoms with Crippen molar-refractivity contribution in [2.24, 2.45) is 5.92 Å². The van der Waals surface area contributed by atoms with Gasteiger partial charge in [-0.2, -0.15) is 0 Å². The zero-order valence-corrected chi connectivity index (χ0v) is 16.5. The maximum Gasteiger partial charge on any atom is 0.313 e. The van der Waals surface area contributed by atoms with Gasteiger partial charge in [0.15, 0.2) is 17.6 Å². The van der Waals surface area contributed by atoms with E-state index in [2.05, 4.69) is 5.32 Å². The van der Waals surface area contributed by atoms with Crippen LogP contribution in [0.1, 0.15) is 18.1 Å². The van der Waals surface area contributed by atoms with Gasteiger partial charge in [0.2, 0.25) is 6.79 Å². The van der Waals surface area contributed by atoms with Crippen LogP contribution in [0.4, 0.5) is 0 Å². The minimum atomic E-state index is -0.919. The summed E-state index contributed by atoms with van der Waals surface area (Å²) in [5.74, 6) is 0.712. The van der Waals surface area contributed by atoms with Gasteiger partial charge >= 0.3 is 5.97 Å². The van der Waals surface area contributed by atoms with Crippen LogP contribution >= 0.6 is 11.6 Å². The lowest BCUT2D eigenvalue weighted by molar-refractivity contribution is -0.160. The van der Waals surface area contributed by atoms with E-state index in [1.54, 1.807) is 37.3 Å². The van der Waals surface area contributed by atoms with Crippen LogP contribution in [-0.4, -0.2) is 31.4 Å². The first-order valence-electron chi connectivity index (χ1n) is 9.27. The van der Waals surface area contributed by atoms with E-state index in [0.29, 0.717) is 28.7 Å². The number of carbonyl (C=O) groups is 2. The van der Waals surface area contributed by atoms with E-state index in [-0.39, 0.29) is 25.9 Å². The van der Waals surface area contributed by atoms with Gasteiger partial charge in [0.25, 0.3) is 5.91 Å². The summed E-state index contributed by atoms with van der Waals surface area (Å²) in [5.41, 5.74) is 1.71. The number of halogens is 1. The number of ether oxygens (including phenoxy) is 4. The van der Waals surface area contributed by atoms with Gasteiger partial charge in [0.1, 0.15) is 12.4 Å². The number of carbonyl (C=O) groups excluding carboxylic acids is 2. The Balaban J connectivity index is 1.29. The number of nitrogens with one attached hydrogen (secondary N) is 1. The summed E-state index contributed by atoms with van der Waals surface area (Å²) < 4.78 is 21.5. The van der Waals surface area contributed by atoms with Crippen LogP contribution < -0.4 is 19.5 Å². The minimum Gasteiger partial charge on any atom is -0.492 e. The normalized spacial score (nSPS) is 17.7. The molecule has 2 aliphatic rings. The lowest BCUT2D eigenvalue weighted by atomic mass is 9.97. The van der Waals surface area contributed by atoms with Crippen molar-refractivity contribution in [1.82, 2.24) is 5.32 Å². The first-order chi connectivity index (χ1) is 14.0. The van der Waals surface area contributed by atoms with Crippen LogP contribution in [0.15, 0.2) is 36.4 Å². The first kappa shape index (κ1) is 19.4.